The summed E-state index contributed by atoms with van der Waals surface area (Å²) in [4.78, 5) is 30.1. The third kappa shape index (κ3) is 4.98. The van der Waals surface area contributed by atoms with E-state index in [2.05, 4.69) is 4.98 Å². The van der Waals surface area contributed by atoms with E-state index in [9.17, 15) is 9.59 Å². The van der Waals surface area contributed by atoms with Crippen LogP contribution in [-0.2, 0) is 4.74 Å². The number of nitrogens with zero attached hydrogens (tertiary/aromatic N) is 3. The Morgan fingerprint density at radius 2 is 1.75 bits per heavy atom. The average Bonchev–Trinajstić information content (AvgIpc) is 3.25. The zero-order chi connectivity index (χ0) is 25.3. The summed E-state index contributed by atoms with van der Waals surface area (Å²) in [5.74, 6) is 1.45. The summed E-state index contributed by atoms with van der Waals surface area (Å²) in [7, 11) is 0. The van der Waals surface area contributed by atoms with E-state index in [1.54, 1.807) is 11.1 Å². The average molecular weight is 487 g/mol. The van der Waals surface area contributed by atoms with Crippen molar-refractivity contribution in [1.82, 2.24) is 19.7 Å². The maximum absolute atomic E-state index is 12.9. The quantitative estimate of drug-likeness (QED) is 0.396. The molecule has 1 aliphatic heterocycles. The maximum Gasteiger partial charge on any atom is 0.410 e. The molecule has 36 heavy (non-hydrogen) atoms. The van der Waals surface area contributed by atoms with Crippen LogP contribution in [0.1, 0.15) is 39.7 Å². The Balaban J connectivity index is 1.46. The van der Waals surface area contributed by atoms with Gasteiger partial charge in [0.1, 0.15) is 22.8 Å². The molecule has 0 bridgehead atoms. The Morgan fingerprint density at radius 1 is 1.03 bits per heavy atom. The fourth-order valence-electron chi connectivity index (χ4n) is 4.53. The van der Waals surface area contributed by atoms with E-state index in [1.807, 2.05) is 86.1 Å². The lowest BCUT2D eigenvalue weighted by Crippen LogP contribution is -2.43. The first-order chi connectivity index (χ1) is 17.3. The number of piperidine rings is 1. The zero-order valence-corrected chi connectivity index (χ0v) is 20.7. The van der Waals surface area contributed by atoms with Crippen LogP contribution in [0.3, 0.4) is 0 Å². The Bertz CT molecular complexity index is 1420. The molecule has 8 nitrogen and oxygen atoms in total. The van der Waals surface area contributed by atoms with Crippen molar-refractivity contribution in [2.45, 2.75) is 45.3 Å². The van der Waals surface area contributed by atoms with Crippen LogP contribution in [0.5, 0.6) is 11.5 Å². The number of para-hydroxylation sites is 1. The number of rotatable bonds is 4. The molecule has 1 N–H and O–H groups in total. The lowest BCUT2D eigenvalue weighted by atomic mass is 10.1. The van der Waals surface area contributed by atoms with Crippen molar-refractivity contribution in [1.29, 1.82) is 0 Å². The Kier molecular flexibility index (Phi) is 6.26. The molecule has 1 atom stereocenters. The minimum absolute atomic E-state index is 0.0648. The van der Waals surface area contributed by atoms with Crippen molar-refractivity contribution in [3.63, 3.8) is 0 Å². The minimum atomic E-state index is -0.556. The second-order valence-electron chi connectivity index (χ2n) is 10.0. The molecule has 186 valence electrons. The van der Waals surface area contributed by atoms with Crippen molar-refractivity contribution in [3.05, 3.63) is 77.2 Å². The second kappa shape index (κ2) is 9.53. The standard InChI is InChI=1S/C28H30N4O4/c1-28(2,3)36-27(34)31-17-7-8-20(18-31)32-23-15-16-29-26(33)24(23)25(30-32)19-11-13-22(14-12-19)35-21-9-5-4-6-10-21/h4-6,9-16,20H,7-8,17-18H2,1-3H3,(H,29,33). The Labute approximate surface area is 209 Å². The van der Waals surface area contributed by atoms with Gasteiger partial charge in [-0.15, -0.1) is 0 Å². The zero-order valence-electron chi connectivity index (χ0n) is 20.7. The van der Waals surface area contributed by atoms with Gasteiger partial charge >= 0.3 is 6.09 Å². The number of pyridine rings is 1. The van der Waals surface area contributed by atoms with Crippen LogP contribution in [0.25, 0.3) is 22.2 Å². The number of benzene rings is 2. The third-order valence-electron chi connectivity index (χ3n) is 6.13. The molecule has 0 aliphatic carbocycles. The summed E-state index contributed by atoms with van der Waals surface area (Å²) in [6.07, 6.45) is 3.00. The molecule has 2 aromatic heterocycles. The summed E-state index contributed by atoms with van der Waals surface area (Å²) < 4.78 is 13.4. The first-order valence-corrected chi connectivity index (χ1v) is 12.2. The number of H-pyrrole nitrogens is 1. The van der Waals surface area contributed by atoms with Crippen molar-refractivity contribution in [2.24, 2.45) is 0 Å². The van der Waals surface area contributed by atoms with Gasteiger partial charge in [0.25, 0.3) is 5.56 Å². The van der Waals surface area contributed by atoms with Crippen molar-refractivity contribution >= 4 is 17.0 Å². The first kappa shape index (κ1) is 23.7. The molecule has 1 fully saturated rings. The number of ether oxygens (including phenoxy) is 2. The number of likely N-dealkylation sites (tertiary alicyclic amines) is 1. The van der Waals surface area contributed by atoms with Crippen LogP contribution in [0.2, 0.25) is 0 Å². The first-order valence-electron chi connectivity index (χ1n) is 12.2. The number of hydrogen-bond acceptors (Lipinski definition) is 5. The number of fused-ring (bicyclic) bond motifs is 1. The smallest absolute Gasteiger partial charge is 0.410 e. The summed E-state index contributed by atoms with van der Waals surface area (Å²) in [6.45, 7) is 6.70. The largest absolute Gasteiger partial charge is 0.457 e. The molecule has 0 saturated carbocycles. The van der Waals surface area contributed by atoms with Crippen LogP contribution in [0.4, 0.5) is 4.79 Å². The molecule has 3 heterocycles. The van der Waals surface area contributed by atoms with Gasteiger partial charge in [-0.25, -0.2) is 4.79 Å². The highest BCUT2D eigenvalue weighted by atomic mass is 16.6. The normalized spacial score (nSPS) is 16.2. The van der Waals surface area contributed by atoms with Crippen LogP contribution in [-0.4, -0.2) is 44.4 Å². The SMILES string of the molecule is CC(C)(C)OC(=O)N1CCCC(n2nc(-c3ccc(Oc4ccccc4)cc3)c3c(=O)[nH]ccc32)C1. The number of hydrogen-bond donors (Lipinski definition) is 1. The van der Waals surface area contributed by atoms with Gasteiger partial charge in [0.2, 0.25) is 0 Å². The number of carbonyl (C=O) groups is 1. The Hall–Kier alpha value is -4.07. The molecular weight excluding hydrogens is 456 g/mol. The molecule has 1 unspecified atom stereocenters. The molecule has 1 saturated heterocycles. The fraction of sp³-hybridized carbons (Fsp3) is 0.321. The van der Waals surface area contributed by atoms with Gasteiger partial charge in [-0.3, -0.25) is 9.48 Å². The van der Waals surface area contributed by atoms with Crippen molar-refractivity contribution in [2.75, 3.05) is 13.1 Å². The minimum Gasteiger partial charge on any atom is -0.457 e. The van der Waals surface area contributed by atoms with Crippen LogP contribution in [0, 0.1) is 0 Å². The molecule has 0 spiro atoms. The van der Waals surface area contributed by atoms with Crippen molar-refractivity contribution in [3.8, 4) is 22.8 Å². The molecule has 2 aromatic carbocycles. The molecule has 1 amide bonds. The number of aromatic amines is 1. The summed E-state index contributed by atoms with van der Waals surface area (Å²) in [6, 6.07) is 18.9. The van der Waals surface area contributed by atoms with Gasteiger partial charge in [0, 0.05) is 24.8 Å². The van der Waals surface area contributed by atoms with Crippen molar-refractivity contribution < 1.29 is 14.3 Å². The van der Waals surface area contributed by atoms with Crippen LogP contribution < -0.4 is 10.3 Å². The lowest BCUT2D eigenvalue weighted by molar-refractivity contribution is 0.0169. The van der Waals surface area contributed by atoms with E-state index in [4.69, 9.17) is 14.6 Å². The number of carbonyl (C=O) groups excluding carboxylic acids is 1. The summed E-state index contributed by atoms with van der Waals surface area (Å²) in [5.41, 5.74) is 1.41. The molecule has 8 heteroatoms. The van der Waals surface area contributed by atoms with E-state index >= 15 is 0 Å². The van der Waals surface area contributed by atoms with Gasteiger partial charge in [-0.2, -0.15) is 5.10 Å². The van der Waals surface area contributed by atoms with E-state index in [-0.39, 0.29) is 17.7 Å². The number of nitrogens with one attached hydrogen (secondary N) is 1. The number of aromatic nitrogens is 3. The summed E-state index contributed by atoms with van der Waals surface area (Å²) >= 11 is 0. The van der Waals surface area contributed by atoms with Crippen LogP contribution >= 0.6 is 0 Å². The predicted octanol–water partition coefficient (Wildman–Crippen LogP) is 5.76. The van der Waals surface area contributed by atoms with Gasteiger partial charge < -0.3 is 19.4 Å². The van der Waals surface area contributed by atoms with Gasteiger partial charge in [0.05, 0.1) is 16.9 Å². The Morgan fingerprint density at radius 3 is 2.47 bits per heavy atom. The van der Waals surface area contributed by atoms with Gasteiger partial charge in [-0.1, -0.05) is 18.2 Å². The maximum atomic E-state index is 12.9. The lowest BCUT2D eigenvalue weighted by Gasteiger charge is -2.34. The highest BCUT2D eigenvalue weighted by molar-refractivity contribution is 5.92. The molecule has 1 aliphatic rings. The highest BCUT2D eigenvalue weighted by Crippen LogP contribution is 2.32. The second-order valence-corrected chi connectivity index (χ2v) is 10.0. The van der Waals surface area contributed by atoms with Crippen LogP contribution in [0.15, 0.2) is 71.7 Å². The fourth-order valence-corrected chi connectivity index (χ4v) is 4.53. The predicted molar refractivity (Wildman–Crippen MR) is 138 cm³/mol. The number of amides is 1. The van der Waals surface area contributed by atoms with E-state index in [0.717, 1.165) is 29.7 Å². The topological polar surface area (TPSA) is 89.4 Å². The molecule has 0 radical (unpaired) electrons. The molecular formula is C28H30N4O4. The monoisotopic (exact) mass is 486 g/mol. The van der Waals surface area contributed by atoms with E-state index in [1.165, 1.54) is 0 Å². The summed E-state index contributed by atoms with van der Waals surface area (Å²) in [5, 5.41) is 5.43. The molecule has 4 aromatic rings. The third-order valence-corrected chi connectivity index (χ3v) is 6.13. The van der Waals surface area contributed by atoms with E-state index < -0.39 is 5.60 Å². The van der Waals surface area contributed by atoms with E-state index in [0.29, 0.717) is 29.9 Å². The van der Waals surface area contributed by atoms with Gasteiger partial charge in [-0.05, 0) is 76.1 Å². The van der Waals surface area contributed by atoms with Gasteiger partial charge in [0.15, 0.2) is 0 Å². The highest BCUT2D eigenvalue weighted by Gasteiger charge is 2.30. The molecule has 5 rings (SSSR count).